The Bertz CT molecular complexity index is 261. The van der Waals surface area contributed by atoms with E-state index in [1.54, 1.807) is 0 Å². The van der Waals surface area contributed by atoms with Gasteiger partial charge >= 0.3 is 5.97 Å². The molecule has 0 saturated heterocycles. The zero-order chi connectivity index (χ0) is 17.9. The van der Waals surface area contributed by atoms with E-state index in [1.807, 2.05) is 0 Å². The van der Waals surface area contributed by atoms with Crippen LogP contribution >= 0.6 is 0 Å². The molecular formula is C22H44O2. The molecule has 0 aromatic heterocycles. The summed E-state index contributed by atoms with van der Waals surface area (Å²) in [5, 5.41) is 0. The minimum Gasteiger partial charge on any atom is -0.466 e. The lowest BCUT2D eigenvalue weighted by Gasteiger charge is -2.05. The van der Waals surface area contributed by atoms with Gasteiger partial charge in [0.15, 0.2) is 0 Å². The van der Waals surface area contributed by atoms with Gasteiger partial charge in [-0.2, -0.15) is 0 Å². The first-order chi connectivity index (χ1) is 11.6. The van der Waals surface area contributed by atoms with Gasteiger partial charge in [-0.25, -0.2) is 0 Å². The van der Waals surface area contributed by atoms with E-state index in [0.717, 1.165) is 12.3 Å². The second kappa shape index (κ2) is 18.8. The average molecular weight is 341 g/mol. The van der Waals surface area contributed by atoms with Crippen molar-refractivity contribution in [2.24, 2.45) is 5.92 Å². The van der Waals surface area contributed by atoms with Crippen molar-refractivity contribution in [2.75, 3.05) is 6.61 Å². The van der Waals surface area contributed by atoms with E-state index in [2.05, 4.69) is 13.8 Å². The third kappa shape index (κ3) is 21.5. The van der Waals surface area contributed by atoms with Crippen LogP contribution in [0.4, 0.5) is 0 Å². The molecule has 0 amide bonds. The zero-order valence-electron chi connectivity index (χ0n) is 16.9. The SMILES string of the molecule is CC(=O)OCCCCCCCCCCCCCCCCCC(C)C. The Balaban J connectivity index is 2.99. The normalized spacial score (nSPS) is 11.2. The van der Waals surface area contributed by atoms with Crippen LogP contribution in [0.15, 0.2) is 0 Å². The van der Waals surface area contributed by atoms with Gasteiger partial charge in [0.1, 0.15) is 0 Å². The Morgan fingerprint density at radius 2 is 0.958 bits per heavy atom. The van der Waals surface area contributed by atoms with E-state index < -0.39 is 0 Å². The molecule has 0 spiro atoms. The second-order valence-electron chi connectivity index (χ2n) is 7.83. The summed E-state index contributed by atoms with van der Waals surface area (Å²) in [7, 11) is 0. The zero-order valence-corrected chi connectivity index (χ0v) is 16.9. The molecule has 0 rings (SSSR count). The van der Waals surface area contributed by atoms with Crippen LogP contribution in [-0.4, -0.2) is 12.6 Å². The molecule has 144 valence electrons. The predicted octanol–water partition coefficient (Wildman–Crippen LogP) is 7.45. The Hall–Kier alpha value is -0.530. The fourth-order valence-corrected chi connectivity index (χ4v) is 3.17. The first-order valence-corrected chi connectivity index (χ1v) is 10.8. The van der Waals surface area contributed by atoms with Gasteiger partial charge in [0.25, 0.3) is 0 Å². The minimum absolute atomic E-state index is 0.152. The topological polar surface area (TPSA) is 26.3 Å². The number of hydrogen-bond donors (Lipinski definition) is 0. The van der Waals surface area contributed by atoms with Crippen LogP contribution < -0.4 is 0 Å². The van der Waals surface area contributed by atoms with E-state index in [9.17, 15) is 4.79 Å². The quantitative estimate of drug-likeness (QED) is 0.191. The summed E-state index contributed by atoms with van der Waals surface area (Å²) in [6.07, 6.45) is 22.0. The molecule has 0 aliphatic rings. The monoisotopic (exact) mass is 340 g/mol. The van der Waals surface area contributed by atoms with Crippen molar-refractivity contribution < 1.29 is 9.53 Å². The van der Waals surface area contributed by atoms with Gasteiger partial charge in [-0.05, 0) is 12.3 Å². The molecule has 0 aromatic rings. The van der Waals surface area contributed by atoms with Crippen LogP contribution in [0.1, 0.15) is 124 Å². The number of esters is 1. The van der Waals surface area contributed by atoms with Crippen molar-refractivity contribution in [1.29, 1.82) is 0 Å². The Labute approximate surface area is 152 Å². The molecule has 0 fully saturated rings. The Morgan fingerprint density at radius 1 is 0.625 bits per heavy atom. The van der Waals surface area contributed by atoms with Crippen LogP contribution in [0.3, 0.4) is 0 Å². The van der Waals surface area contributed by atoms with E-state index in [1.165, 1.54) is 103 Å². The number of ether oxygens (including phenoxy) is 1. The van der Waals surface area contributed by atoms with Crippen molar-refractivity contribution in [1.82, 2.24) is 0 Å². The lowest BCUT2D eigenvalue weighted by molar-refractivity contribution is -0.141. The Morgan fingerprint density at radius 3 is 1.29 bits per heavy atom. The first kappa shape index (κ1) is 23.5. The summed E-state index contributed by atoms with van der Waals surface area (Å²) >= 11 is 0. The molecule has 0 bridgehead atoms. The molecule has 2 nitrogen and oxygen atoms in total. The number of unbranched alkanes of at least 4 members (excludes halogenated alkanes) is 14. The van der Waals surface area contributed by atoms with Crippen LogP contribution in [0.5, 0.6) is 0 Å². The summed E-state index contributed by atoms with van der Waals surface area (Å²) < 4.78 is 4.93. The van der Waals surface area contributed by atoms with Gasteiger partial charge in [-0.3, -0.25) is 4.79 Å². The highest BCUT2D eigenvalue weighted by molar-refractivity contribution is 5.65. The van der Waals surface area contributed by atoms with E-state index in [-0.39, 0.29) is 5.97 Å². The highest BCUT2D eigenvalue weighted by Gasteiger charge is 1.96. The number of carbonyl (C=O) groups is 1. The fraction of sp³-hybridized carbons (Fsp3) is 0.955. The molecule has 0 heterocycles. The minimum atomic E-state index is -0.152. The number of rotatable bonds is 18. The maximum atomic E-state index is 10.6. The summed E-state index contributed by atoms with van der Waals surface area (Å²) in [5.41, 5.74) is 0. The Kier molecular flexibility index (Phi) is 18.4. The van der Waals surface area contributed by atoms with Gasteiger partial charge in [0.2, 0.25) is 0 Å². The summed E-state index contributed by atoms with van der Waals surface area (Å²) in [6.45, 7) is 6.73. The third-order valence-electron chi connectivity index (χ3n) is 4.73. The molecule has 0 aliphatic heterocycles. The third-order valence-corrected chi connectivity index (χ3v) is 4.73. The van der Waals surface area contributed by atoms with Crippen LogP contribution in [0.25, 0.3) is 0 Å². The molecular weight excluding hydrogens is 296 g/mol. The van der Waals surface area contributed by atoms with Gasteiger partial charge in [-0.15, -0.1) is 0 Å². The van der Waals surface area contributed by atoms with Crippen LogP contribution in [0.2, 0.25) is 0 Å². The van der Waals surface area contributed by atoms with Gasteiger partial charge in [-0.1, -0.05) is 110 Å². The van der Waals surface area contributed by atoms with Crippen molar-refractivity contribution in [3.8, 4) is 0 Å². The van der Waals surface area contributed by atoms with Gasteiger partial charge in [0, 0.05) is 6.92 Å². The molecule has 2 heteroatoms. The summed E-state index contributed by atoms with van der Waals surface area (Å²) in [6, 6.07) is 0. The number of hydrogen-bond acceptors (Lipinski definition) is 2. The molecule has 0 aromatic carbocycles. The molecule has 0 radical (unpaired) electrons. The highest BCUT2D eigenvalue weighted by Crippen LogP contribution is 2.14. The smallest absolute Gasteiger partial charge is 0.302 e. The summed E-state index contributed by atoms with van der Waals surface area (Å²) in [5.74, 6) is 0.729. The van der Waals surface area contributed by atoms with Crippen LogP contribution in [0, 0.1) is 5.92 Å². The number of carbonyl (C=O) groups excluding carboxylic acids is 1. The highest BCUT2D eigenvalue weighted by atomic mass is 16.5. The lowest BCUT2D eigenvalue weighted by Crippen LogP contribution is -2.00. The molecule has 0 unspecified atom stereocenters. The predicted molar refractivity (Wildman–Crippen MR) is 105 cm³/mol. The lowest BCUT2D eigenvalue weighted by atomic mass is 10.0. The molecule has 0 N–H and O–H groups in total. The second-order valence-corrected chi connectivity index (χ2v) is 7.83. The van der Waals surface area contributed by atoms with E-state index in [4.69, 9.17) is 4.74 Å². The van der Waals surface area contributed by atoms with Crippen molar-refractivity contribution in [2.45, 2.75) is 124 Å². The largest absolute Gasteiger partial charge is 0.466 e. The molecule has 0 atom stereocenters. The molecule has 24 heavy (non-hydrogen) atoms. The fourth-order valence-electron chi connectivity index (χ4n) is 3.17. The van der Waals surface area contributed by atoms with Crippen molar-refractivity contribution in [3.63, 3.8) is 0 Å². The maximum absolute atomic E-state index is 10.6. The average Bonchev–Trinajstić information content (AvgIpc) is 2.53. The maximum Gasteiger partial charge on any atom is 0.302 e. The molecule has 0 aliphatic carbocycles. The van der Waals surface area contributed by atoms with E-state index in [0.29, 0.717) is 6.61 Å². The van der Waals surface area contributed by atoms with Gasteiger partial charge < -0.3 is 4.74 Å². The summed E-state index contributed by atoms with van der Waals surface area (Å²) in [4.78, 5) is 10.6. The van der Waals surface area contributed by atoms with Crippen molar-refractivity contribution in [3.05, 3.63) is 0 Å². The van der Waals surface area contributed by atoms with Crippen molar-refractivity contribution >= 4 is 5.97 Å². The molecule has 0 saturated carbocycles. The van der Waals surface area contributed by atoms with Crippen LogP contribution in [-0.2, 0) is 9.53 Å². The first-order valence-electron chi connectivity index (χ1n) is 10.8. The standard InChI is InChI=1S/C22H44O2/c1-21(2)19-17-15-13-11-9-7-5-4-6-8-10-12-14-16-18-20-24-22(3)23/h21H,4-20H2,1-3H3. The van der Waals surface area contributed by atoms with E-state index >= 15 is 0 Å². The van der Waals surface area contributed by atoms with Gasteiger partial charge in [0.05, 0.1) is 6.61 Å².